The molecule has 0 aliphatic heterocycles. The van der Waals surface area contributed by atoms with Gasteiger partial charge in [0.1, 0.15) is 12.4 Å². The van der Waals surface area contributed by atoms with Crippen molar-refractivity contribution in [2.24, 2.45) is 0 Å². The Balaban J connectivity index is 2.19. The first-order chi connectivity index (χ1) is 15.1. The smallest absolute Gasteiger partial charge is 0.120 e. The highest BCUT2D eigenvalue weighted by Gasteiger charge is 2.27. The second kappa shape index (κ2) is 9.53. The number of aliphatic hydroxyl groups is 2. The Kier molecular flexibility index (Phi) is 7.50. The van der Waals surface area contributed by atoms with E-state index in [1.807, 2.05) is 44.2 Å². The van der Waals surface area contributed by atoms with Gasteiger partial charge in [0.2, 0.25) is 0 Å². The molecule has 0 aliphatic carbocycles. The van der Waals surface area contributed by atoms with E-state index < -0.39 is 11.2 Å². The normalized spacial score (nSPS) is 13.0. The highest BCUT2D eigenvalue weighted by molar-refractivity contribution is 8.00. The first-order valence-electron chi connectivity index (χ1n) is 11.3. The molecule has 33 heavy (non-hydrogen) atoms. The van der Waals surface area contributed by atoms with E-state index in [9.17, 15) is 10.2 Å². The van der Waals surface area contributed by atoms with E-state index in [0.717, 1.165) is 32.8 Å². The average molecular weight is 490 g/mol. The first-order valence-corrected chi connectivity index (χ1v) is 12.5. The number of rotatable bonds is 8. The number of benzene rings is 2. The molecule has 4 nitrogen and oxygen atoms in total. The van der Waals surface area contributed by atoms with Crippen molar-refractivity contribution < 1.29 is 14.9 Å². The van der Waals surface area contributed by atoms with Crippen molar-refractivity contribution in [3.05, 3.63) is 58.7 Å². The topological polar surface area (TPSA) is 54.6 Å². The fraction of sp³-hybridized carbons (Fsp3) is 0.481. The van der Waals surface area contributed by atoms with E-state index in [2.05, 4.69) is 37.5 Å². The van der Waals surface area contributed by atoms with Crippen LogP contribution in [0.5, 0.6) is 5.75 Å². The van der Waals surface area contributed by atoms with Crippen LogP contribution in [0.4, 0.5) is 0 Å². The lowest BCUT2D eigenvalue weighted by Gasteiger charge is -2.23. The lowest BCUT2D eigenvalue weighted by molar-refractivity contribution is 0.0285. The molecule has 0 fully saturated rings. The van der Waals surface area contributed by atoms with Crippen molar-refractivity contribution in [2.45, 2.75) is 82.3 Å². The van der Waals surface area contributed by atoms with Gasteiger partial charge in [-0.3, -0.25) is 0 Å². The minimum absolute atomic E-state index is 0.0162. The van der Waals surface area contributed by atoms with Gasteiger partial charge in [0.15, 0.2) is 0 Å². The Morgan fingerprint density at radius 2 is 1.55 bits per heavy atom. The fourth-order valence-corrected chi connectivity index (χ4v) is 4.98. The van der Waals surface area contributed by atoms with Crippen molar-refractivity contribution in [1.82, 2.24) is 4.57 Å². The molecule has 0 atom stereocenters. The molecule has 0 saturated heterocycles. The van der Waals surface area contributed by atoms with E-state index in [1.165, 1.54) is 0 Å². The summed E-state index contributed by atoms with van der Waals surface area (Å²) in [7, 11) is 0. The van der Waals surface area contributed by atoms with E-state index in [-0.39, 0.29) is 11.4 Å². The van der Waals surface area contributed by atoms with Crippen LogP contribution in [0.15, 0.2) is 47.4 Å². The van der Waals surface area contributed by atoms with Crippen LogP contribution in [-0.4, -0.2) is 37.3 Å². The van der Waals surface area contributed by atoms with Gasteiger partial charge in [-0.25, -0.2) is 0 Å². The van der Waals surface area contributed by atoms with Crippen LogP contribution in [0.3, 0.4) is 0 Å². The van der Waals surface area contributed by atoms with E-state index in [0.29, 0.717) is 18.0 Å². The summed E-state index contributed by atoms with van der Waals surface area (Å²) in [6, 6.07) is 14.0. The monoisotopic (exact) mass is 489 g/mol. The van der Waals surface area contributed by atoms with Crippen LogP contribution >= 0.6 is 23.4 Å². The summed E-state index contributed by atoms with van der Waals surface area (Å²) in [5.74, 6) is 0.721. The third-order valence-electron chi connectivity index (χ3n) is 4.95. The maximum absolute atomic E-state index is 10.8. The van der Waals surface area contributed by atoms with Crippen molar-refractivity contribution in [2.75, 3.05) is 6.61 Å². The van der Waals surface area contributed by atoms with Gasteiger partial charge in [0.25, 0.3) is 0 Å². The fourth-order valence-electron chi connectivity index (χ4n) is 3.66. The molecule has 180 valence electrons. The summed E-state index contributed by atoms with van der Waals surface area (Å²) in [5.41, 5.74) is 1.56. The van der Waals surface area contributed by atoms with Crippen molar-refractivity contribution in [3.8, 4) is 5.75 Å². The minimum atomic E-state index is -0.912. The molecule has 2 N–H and O–H groups in total. The summed E-state index contributed by atoms with van der Waals surface area (Å²) >= 11 is 7.91. The predicted octanol–water partition coefficient (Wildman–Crippen LogP) is 6.70. The molecule has 0 bridgehead atoms. The number of fused-ring (bicyclic) bond motifs is 1. The van der Waals surface area contributed by atoms with Crippen LogP contribution in [0.2, 0.25) is 5.02 Å². The van der Waals surface area contributed by atoms with Crippen LogP contribution in [-0.2, 0) is 13.0 Å². The third kappa shape index (κ3) is 7.41. The number of ether oxygens (including phenoxy) is 1. The number of hydrogen-bond acceptors (Lipinski definition) is 4. The van der Waals surface area contributed by atoms with Crippen molar-refractivity contribution >= 4 is 34.3 Å². The molecule has 0 radical (unpaired) electrons. The van der Waals surface area contributed by atoms with Gasteiger partial charge in [-0.2, -0.15) is 0 Å². The molecule has 1 heterocycles. The summed E-state index contributed by atoms with van der Waals surface area (Å²) in [4.78, 5) is 1.15. The zero-order valence-corrected chi connectivity index (χ0v) is 22.3. The standard InChI is InChI=1S/C27H36ClNO3S/c1-25(2,3)33-24-21-14-20(32-17-27(6,7)31)12-13-22(21)29(23(24)15-26(4,5)30)16-18-8-10-19(28)11-9-18/h8-14,30-31H,15-17H2,1-7H3. The van der Waals surface area contributed by atoms with Crippen molar-refractivity contribution in [3.63, 3.8) is 0 Å². The molecule has 0 saturated carbocycles. The number of thioether (sulfide) groups is 1. The largest absolute Gasteiger partial charge is 0.491 e. The van der Waals surface area contributed by atoms with Gasteiger partial charge >= 0.3 is 0 Å². The zero-order valence-electron chi connectivity index (χ0n) is 20.7. The Hall–Kier alpha value is -1.66. The second-order valence-corrected chi connectivity index (χ2v) is 13.2. The van der Waals surface area contributed by atoms with Gasteiger partial charge in [-0.1, -0.05) is 44.5 Å². The third-order valence-corrected chi connectivity index (χ3v) is 6.47. The summed E-state index contributed by atoms with van der Waals surface area (Å²) in [6.07, 6.45) is 0.521. The second-order valence-electron chi connectivity index (χ2n) is 11.0. The van der Waals surface area contributed by atoms with Gasteiger partial charge in [-0.15, -0.1) is 11.8 Å². The van der Waals surface area contributed by atoms with E-state index in [1.54, 1.807) is 25.6 Å². The van der Waals surface area contributed by atoms with Gasteiger partial charge < -0.3 is 19.5 Å². The molecule has 2 aromatic carbocycles. The predicted molar refractivity (Wildman–Crippen MR) is 140 cm³/mol. The number of hydrogen-bond donors (Lipinski definition) is 2. The number of halogens is 1. The molecular formula is C27H36ClNO3S. The summed E-state index contributed by atoms with van der Waals surface area (Å²) in [5, 5.41) is 22.7. The van der Waals surface area contributed by atoms with Gasteiger partial charge in [0, 0.05) is 44.2 Å². The molecular weight excluding hydrogens is 454 g/mol. The zero-order chi connectivity index (χ0) is 24.6. The molecule has 0 unspecified atom stereocenters. The highest BCUT2D eigenvalue weighted by Crippen LogP contribution is 2.43. The quantitative estimate of drug-likeness (QED) is 0.346. The number of nitrogens with zero attached hydrogens (tertiary/aromatic N) is 1. The van der Waals surface area contributed by atoms with E-state index in [4.69, 9.17) is 16.3 Å². The lowest BCUT2D eigenvalue weighted by atomic mass is 10.0. The van der Waals surface area contributed by atoms with Crippen molar-refractivity contribution in [1.29, 1.82) is 0 Å². The van der Waals surface area contributed by atoms with Crippen LogP contribution in [0.25, 0.3) is 10.9 Å². The van der Waals surface area contributed by atoms with E-state index >= 15 is 0 Å². The summed E-state index contributed by atoms with van der Waals surface area (Å²) < 4.78 is 8.19. The molecule has 0 aliphatic rings. The Morgan fingerprint density at radius 3 is 2.09 bits per heavy atom. The first kappa shape index (κ1) is 26.0. The number of aromatic nitrogens is 1. The molecule has 6 heteroatoms. The van der Waals surface area contributed by atoms with Gasteiger partial charge in [-0.05, 0) is 63.6 Å². The highest BCUT2D eigenvalue weighted by atomic mass is 35.5. The van der Waals surface area contributed by atoms with Crippen LogP contribution < -0.4 is 4.74 Å². The molecule has 0 amide bonds. The maximum Gasteiger partial charge on any atom is 0.120 e. The van der Waals surface area contributed by atoms with Gasteiger partial charge in [0.05, 0.1) is 11.2 Å². The summed E-state index contributed by atoms with van der Waals surface area (Å²) in [6.45, 7) is 14.6. The van der Waals surface area contributed by atoms with Crippen LogP contribution in [0, 0.1) is 0 Å². The molecule has 0 spiro atoms. The Morgan fingerprint density at radius 1 is 0.909 bits per heavy atom. The average Bonchev–Trinajstić information content (AvgIpc) is 2.91. The molecule has 3 aromatic rings. The minimum Gasteiger partial charge on any atom is -0.491 e. The Bertz CT molecular complexity index is 1100. The van der Waals surface area contributed by atoms with Crippen LogP contribution in [0.1, 0.15) is 59.7 Å². The SMILES string of the molecule is CC(C)(O)COc1ccc2c(c1)c(SC(C)(C)C)c(CC(C)(C)O)n2Cc1ccc(Cl)cc1. The maximum atomic E-state index is 10.8. The molecule has 1 aromatic heterocycles. The lowest BCUT2D eigenvalue weighted by Crippen LogP contribution is -2.27. The Labute approximate surface area is 206 Å². The molecule has 3 rings (SSSR count).